The number of rotatable bonds is 1. The fraction of sp³-hybridized carbons (Fsp3) is 0.100. The van der Waals surface area contributed by atoms with E-state index in [1.165, 1.54) is 11.6 Å². The largest absolute Gasteiger partial charge is 0.252 e. The van der Waals surface area contributed by atoms with Gasteiger partial charge in [0.25, 0.3) is 0 Å². The molecule has 2 aromatic carbocycles. The zero-order chi connectivity index (χ0) is 19.6. The highest BCUT2D eigenvalue weighted by Crippen LogP contribution is 2.26. The third-order valence-electron chi connectivity index (χ3n) is 3.85. The average molecular weight is 508 g/mol. The number of aryl methyl sites for hydroxylation is 1. The molecule has 7 heteroatoms. The second-order valence-corrected chi connectivity index (χ2v) is 9.71. The molecule has 4 aromatic rings. The molecule has 0 saturated heterocycles. The Kier molecular flexibility index (Phi) is 5.93. The lowest BCUT2D eigenvalue weighted by Crippen LogP contribution is -1.97. The molecule has 0 aliphatic rings. The van der Waals surface area contributed by atoms with Gasteiger partial charge in [0, 0.05) is 27.2 Å². The van der Waals surface area contributed by atoms with Crippen LogP contribution in [0.1, 0.15) is 5.69 Å². The van der Waals surface area contributed by atoms with Crippen molar-refractivity contribution in [2.75, 3.05) is 6.26 Å². The number of halogens is 2. The zero-order valence-electron chi connectivity index (χ0n) is 14.6. The maximum Gasteiger partial charge on any atom is 0.175 e. The Labute approximate surface area is 174 Å². The van der Waals surface area contributed by atoms with Crippen LogP contribution in [-0.2, 0) is 9.84 Å². The summed E-state index contributed by atoms with van der Waals surface area (Å²) in [5.74, 6) is 0. The van der Waals surface area contributed by atoms with E-state index >= 15 is 0 Å². The van der Waals surface area contributed by atoms with Gasteiger partial charge >= 0.3 is 0 Å². The molecule has 2 heterocycles. The van der Waals surface area contributed by atoms with Crippen molar-refractivity contribution in [2.24, 2.45) is 0 Å². The zero-order valence-corrected chi connectivity index (χ0v) is 18.6. The smallest absolute Gasteiger partial charge is 0.175 e. The van der Waals surface area contributed by atoms with Gasteiger partial charge in [-0.25, -0.2) is 13.4 Å². The lowest BCUT2D eigenvalue weighted by atomic mass is 10.2. The van der Waals surface area contributed by atoms with Gasteiger partial charge in [0.05, 0.1) is 15.9 Å². The summed E-state index contributed by atoms with van der Waals surface area (Å²) in [5, 5.41) is 2.00. The van der Waals surface area contributed by atoms with Gasteiger partial charge in [-0.2, -0.15) is 0 Å². The number of pyridine rings is 2. The standard InChI is InChI=1S/C11H10BrNO2S.C9H6BrN/c1-7-3-4-8-5-9(16(2,14)15)6-10(12)11(8)13-7;10-9-6-5-7-3-1-2-4-8(7)11-9/h3-6H,1-2H3;1-6H. The monoisotopic (exact) mass is 506 g/mol. The van der Waals surface area contributed by atoms with Crippen LogP contribution in [0, 0.1) is 6.92 Å². The molecule has 0 spiro atoms. The molecule has 0 bridgehead atoms. The van der Waals surface area contributed by atoms with E-state index in [1.807, 2.05) is 49.4 Å². The minimum Gasteiger partial charge on any atom is -0.252 e. The van der Waals surface area contributed by atoms with Crippen molar-refractivity contribution >= 4 is 63.5 Å². The van der Waals surface area contributed by atoms with Crippen LogP contribution in [0.25, 0.3) is 21.8 Å². The van der Waals surface area contributed by atoms with Gasteiger partial charge in [0.1, 0.15) is 4.60 Å². The molecule has 0 unspecified atom stereocenters. The van der Waals surface area contributed by atoms with E-state index in [4.69, 9.17) is 0 Å². The molecule has 138 valence electrons. The highest BCUT2D eigenvalue weighted by molar-refractivity contribution is 9.10. The number of aromatic nitrogens is 2. The number of fused-ring (bicyclic) bond motifs is 2. The molecule has 0 aliphatic carbocycles. The summed E-state index contributed by atoms with van der Waals surface area (Å²) in [7, 11) is -3.18. The van der Waals surface area contributed by atoms with Crippen molar-refractivity contribution in [1.29, 1.82) is 0 Å². The van der Waals surface area contributed by atoms with E-state index in [-0.39, 0.29) is 0 Å². The van der Waals surface area contributed by atoms with Crippen LogP contribution in [0.4, 0.5) is 0 Å². The molecule has 27 heavy (non-hydrogen) atoms. The van der Waals surface area contributed by atoms with E-state index in [2.05, 4.69) is 47.9 Å². The molecule has 0 aliphatic heterocycles. The SMILES string of the molecule is Brc1ccc2ccccc2n1.Cc1ccc2cc(S(C)(=O)=O)cc(Br)c2n1. The summed E-state index contributed by atoms with van der Waals surface area (Å²) in [5.41, 5.74) is 2.72. The highest BCUT2D eigenvalue weighted by Gasteiger charge is 2.11. The van der Waals surface area contributed by atoms with Crippen LogP contribution >= 0.6 is 31.9 Å². The second-order valence-electron chi connectivity index (χ2n) is 6.03. The molecule has 0 atom stereocenters. The van der Waals surface area contributed by atoms with Crippen molar-refractivity contribution in [3.63, 3.8) is 0 Å². The van der Waals surface area contributed by atoms with Crippen LogP contribution < -0.4 is 0 Å². The lowest BCUT2D eigenvalue weighted by Gasteiger charge is -2.04. The summed E-state index contributed by atoms with van der Waals surface area (Å²) in [4.78, 5) is 8.95. The first-order valence-corrected chi connectivity index (χ1v) is 11.5. The number of nitrogens with zero attached hydrogens (tertiary/aromatic N) is 2. The Morgan fingerprint density at radius 3 is 2.30 bits per heavy atom. The Morgan fingerprint density at radius 2 is 1.56 bits per heavy atom. The van der Waals surface area contributed by atoms with Gasteiger partial charge in [-0.3, -0.25) is 4.98 Å². The maximum absolute atomic E-state index is 11.5. The van der Waals surface area contributed by atoms with Gasteiger partial charge in [0.2, 0.25) is 0 Å². The molecule has 2 aromatic heterocycles. The molecule has 0 N–H and O–H groups in total. The van der Waals surface area contributed by atoms with Crippen molar-refractivity contribution in [3.8, 4) is 0 Å². The molecule has 0 fully saturated rings. The van der Waals surface area contributed by atoms with Crippen molar-refractivity contribution < 1.29 is 8.42 Å². The average Bonchev–Trinajstić information content (AvgIpc) is 2.62. The molecule has 0 amide bonds. The van der Waals surface area contributed by atoms with E-state index in [0.29, 0.717) is 9.37 Å². The van der Waals surface area contributed by atoms with E-state index in [1.54, 1.807) is 12.1 Å². The summed E-state index contributed by atoms with van der Waals surface area (Å²) in [6.45, 7) is 1.90. The molecule has 4 rings (SSSR count). The molecule has 4 nitrogen and oxygen atoms in total. The third kappa shape index (κ3) is 4.91. The van der Waals surface area contributed by atoms with Gasteiger partial charge in [-0.15, -0.1) is 0 Å². The first kappa shape index (κ1) is 19.9. The van der Waals surface area contributed by atoms with Crippen LogP contribution in [-0.4, -0.2) is 24.6 Å². The first-order valence-electron chi connectivity index (χ1n) is 8.02. The molecule has 0 radical (unpaired) electrons. The maximum atomic E-state index is 11.5. The summed E-state index contributed by atoms with van der Waals surface area (Å²) < 4.78 is 24.5. The second kappa shape index (κ2) is 8.04. The van der Waals surface area contributed by atoms with Crippen LogP contribution in [0.2, 0.25) is 0 Å². The summed E-state index contributed by atoms with van der Waals surface area (Å²) >= 11 is 6.67. The molecular weight excluding hydrogens is 492 g/mol. The van der Waals surface area contributed by atoms with Gasteiger partial charge in [-0.1, -0.05) is 30.3 Å². The van der Waals surface area contributed by atoms with Crippen molar-refractivity contribution in [3.05, 3.63) is 75.4 Å². The van der Waals surface area contributed by atoms with Crippen molar-refractivity contribution in [1.82, 2.24) is 9.97 Å². The fourth-order valence-electron chi connectivity index (χ4n) is 2.52. The Bertz CT molecular complexity index is 1240. The van der Waals surface area contributed by atoms with Gasteiger partial charge < -0.3 is 0 Å². The van der Waals surface area contributed by atoms with E-state index < -0.39 is 9.84 Å². The normalized spacial score (nSPS) is 11.3. The van der Waals surface area contributed by atoms with Gasteiger partial charge in [-0.05, 0) is 69.1 Å². The molecule has 0 saturated carbocycles. The van der Waals surface area contributed by atoms with Crippen LogP contribution in [0.5, 0.6) is 0 Å². The Balaban J connectivity index is 0.000000166. The summed E-state index contributed by atoms with van der Waals surface area (Å²) in [6.07, 6.45) is 1.20. The summed E-state index contributed by atoms with van der Waals surface area (Å²) in [6, 6.07) is 19.0. The number of para-hydroxylation sites is 1. The van der Waals surface area contributed by atoms with Gasteiger partial charge in [0.15, 0.2) is 9.84 Å². The predicted molar refractivity (Wildman–Crippen MR) is 117 cm³/mol. The van der Waals surface area contributed by atoms with Crippen LogP contribution in [0.3, 0.4) is 0 Å². The van der Waals surface area contributed by atoms with Crippen molar-refractivity contribution in [2.45, 2.75) is 11.8 Å². The number of hydrogen-bond acceptors (Lipinski definition) is 4. The highest BCUT2D eigenvalue weighted by atomic mass is 79.9. The minimum absolute atomic E-state index is 0.303. The minimum atomic E-state index is -3.18. The third-order valence-corrected chi connectivity index (χ3v) is 5.99. The van der Waals surface area contributed by atoms with E-state index in [0.717, 1.165) is 26.7 Å². The van der Waals surface area contributed by atoms with E-state index in [9.17, 15) is 8.42 Å². The fourth-order valence-corrected chi connectivity index (χ4v) is 4.23. The molecular formula is C20H16Br2N2O2S. The number of benzene rings is 2. The topological polar surface area (TPSA) is 59.9 Å². The quantitative estimate of drug-likeness (QED) is 0.310. The van der Waals surface area contributed by atoms with Crippen LogP contribution in [0.15, 0.2) is 74.6 Å². The first-order chi connectivity index (χ1) is 12.7. The number of sulfone groups is 1. The lowest BCUT2D eigenvalue weighted by molar-refractivity contribution is 0.602. The Hall–Kier alpha value is -1.83. The Morgan fingerprint density at radius 1 is 0.852 bits per heavy atom. The number of hydrogen-bond donors (Lipinski definition) is 0. The predicted octanol–water partition coefficient (Wildman–Crippen LogP) is 5.71.